The van der Waals surface area contributed by atoms with Gasteiger partial charge in [-0.2, -0.15) is 5.10 Å². The Morgan fingerprint density at radius 2 is 1.67 bits per heavy atom. The molecule has 9 heteroatoms. The fraction of sp³-hybridized carbons (Fsp3) is 0.190. The fourth-order valence-corrected chi connectivity index (χ4v) is 4.88. The highest BCUT2D eigenvalue weighted by atomic mass is 35.5. The lowest BCUT2D eigenvalue weighted by molar-refractivity contribution is 0.715. The third-order valence-electron chi connectivity index (χ3n) is 4.76. The Morgan fingerprint density at radius 3 is 2.33 bits per heavy atom. The van der Waals surface area contributed by atoms with Crippen molar-refractivity contribution < 1.29 is 0 Å². The average Bonchev–Trinajstić information content (AvgIpc) is 3.33. The number of hydrogen-bond acceptors (Lipinski definition) is 4. The van der Waals surface area contributed by atoms with Crippen LogP contribution in [-0.4, -0.2) is 20.0 Å². The lowest BCUT2D eigenvalue weighted by Crippen LogP contribution is -2.00. The van der Waals surface area contributed by atoms with E-state index in [-0.39, 0.29) is 0 Å². The Bertz CT molecular complexity index is 1200. The lowest BCUT2D eigenvalue weighted by Gasteiger charge is -2.10. The Hall–Kier alpha value is -1.63. The van der Waals surface area contributed by atoms with Gasteiger partial charge in [-0.25, -0.2) is 4.68 Å². The molecule has 0 aliphatic heterocycles. The quantitative estimate of drug-likeness (QED) is 0.279. The molecule has 0 N–H and O–H groups in total. The topological polar surface area (TPSA) is 43.6 Å². The molecule has 30 heavy (non-hydrogen) atoms. The minimum Gasteiger partial charge on any atom is -0.229 e. The molecule has 0 aliphatic carbocycles. The Kier molecular flexibility index (Phi) is 6.37. The molecule has 0 saturated carbocycles. The third-order valence-corrected chi connectivity index (χ3v) is 7.07. The van der Waals surface area contributed by atoms with Gasteiger partial charge in [-0.05, 0) is 36.8 Å². The Morgan fingerprint density at radius 1 is 0.967 bits per heavy atom. The van der Waals surface area contributed by atoms with E-state index in [9.17, 15) is 0 Å². The molecule has 0 spiro atoms. The van der Waals surface area contributed by atoms with Crippen molar-refractivity contribution >= 4 is 57.7 Å². The maximum absolute atomic E-state index is 6.85. The highest BCUT2D eigenvalue weighted by molar-refractivity contribution is 7.14. The van der Waals surface area contributed by atoms with Crippen molar-refractivity contribution in [2.45, 2.75) is 26.2 Å². The molecule has 1 atom stereocenters. The van der Waals surface area contributed by atoms with Crippen LogP contribution in [0.1, 0.15) is 31.2 Å². The van der Waals surface area contributed by atoms with Crippen LogP contribution < -0.4 is 0 Å². The molecule has 4 rings (SSSR count). The molecule has 2 aromatic heterocycles. The second kappa shape index (κ2) is 8.85. The zero-order chi connectivity index (χ0) is 21.4. The summed E-state index contributed by atoms with van der Waals surface area (Å²) < 4.78 is 1.71. The van der Waals surface area contributed by atoms with Gasteiger partial charge in [-0.15, -0.1) is 10.2 Å². The summed E-state index contributed by atoms with van der Waals surface area (Å²) in [5.41, 5.74) is 2.75. The van der Waals surface area contributed by atoms with Crippen LogP contribution in [0.2, 0.25) is 20.1 Å². The zero-order valence-corrected chi connectivity index (χ0v) is 19.9. The highest BCUT2D eigenvalue weighted by Gasteiger charge is 2.24. The van der Waals surface area contributed by atoms with Crippen molar-refractivity contribution in [1.82, 2.24) is 20.0 Å². The number of benzene rings is 2. The molecule has 2 aromatic carbocycles. The van der Waals surface area contributed by atoms with Gasteiger partial charge in [0.05, 0.1) is 21.4 Å². The first-order chi connectivity index (χ1) is 14.4. The van der Waals surface area contributed by atoms with E-state index in [2.05, 4.69) is 24.0 Å². The summed E-state index contributed by atoms with van der Waals surface area (Å²) >= 11 is 27.0. The molecule has 154 valence electrons. The van der Waals surface area contributed by atoms with E-state index in [0.717, 1.165) is 17.0 Å². The second-order valence-corrected chi connectivity index (χ2v) is 9.45. The Labute approximate surface area is 198 Å². The maximum atomic E-state index is 6.85. The highest BCUT2D eigenvalue weighted by Crippen LogP contribution is 2.41. The molecule has 0 radical (unpaired) electrons. The van der Waals surface area contributed by atoms with E-state index in [1.54, 1.807) is 28.9 Å². The summed E-state index contributed by atoms with van der Waals surface area (Å²) in [7, 11) is 0. The Balaban J connectivity index is 1.93. The van der Waals surface area contributed by atoms with Crippen LogP contribution in [0.25, 0.3) is 27.6 Å². The van der Waals surface area contributed by atoms with Gasteiger partial charge in [0.15, 0.2) is 5.01 Å². The average molecular weight is 498 g/mol. The van der Waals surface area contributed by atoms with Gasteiger partial charge >= 0.3 is 0 Å². The molecule has 0 aliphatic rings. The van der Waals surface area contributed by atoms with E-state index >= 15 is 0 Å². The largest absolute Gasteiger partial charge is 0.229 e. The standard InChI is InChI=1S/C21H16Cl4N4S/c1-3-11(2)20-26-27-21(30-20)18-17(25)19(12-4-6-13(22)7-5-12)29(28-18)16-9-8-14(23)10-15(16)24/h4-11H,3H2,1-2H3. The van der Waals surface area contributed by atoms with Crippen LogP contribution >= 0.6 is 57.7 Å². The van der Waals surface area contributed by atoms with Crippen LogP contribution in [0.15, 0.2) is 42.5 Å². The molecule has 0 bridgehead atoms. The molecule has 2 heterocycles. The number of hydrogen-bond donors (Lipinski definition) is 0. The number of aromatic nitrogens is 4. The monoisotopic (exact) mass is 496 g/mol. The maximum Gasteiger partial charge on any atom is 0.169 e. The van der Waals surface area contributed by atoms with Gasteiger partial charge in [0, 0.05) is 21.5 Å². The summed E-state index contributed by atoms with van der Waals surface area (Å²) in [5, 5.41) is 17.2. The van der Waals surface area contributed by atoms with Gasteiger partial charge in [-0.3, -0.25) is 0 Å². The zero-order valence-electron chi connectivity index (χ0n) is 16.0. The predicted molar refractivity (Wildman–Crippen MR) is 127 cm³/mol. The van der Waals surface area contributed by atoms with E-state index < -0.39 is 0 Å². The second-order valence-electron chi connectivity index (χ2n) is 6.78. The van der Waals surface area contributed by atoms with E-state index in [1.165, 1.54) is 11.3 Å². The number of nitrogens with zero attached hydrogens (tertiary/aromatic N) is 4. The molecular weight excluding hydrogens is 482 g/mol. The summed E-state index contributed by atoms with van der Waals surface area (Å²) in [6, 6.07) is 12.6. The van der Waals surface area contributed by atoms with E-state index in [4.69, 9.17) is 51.5 Å². The minimum absolute atomic E-state index is 0.318. The van der Waals surface area contributed by atoms with E-state index in [0.29, 0.717) is 48.1 Å². The number of halogens is 4. The van der Waals surface area contributed by atoms with Crippen molar-refractivity contribution in [3.63, 3.8) is 0 Å². The summed E-state index contributed by atoms with van der Waals surface area (Å²) in [6.45, 7) is 4.24. The summed E-state index contributed by atoms with van der Waals surface area (Å²) in [4.78, 5) is 0. The first kappa shape index (κ1) is 21.6. The molecule has 0 amide bonds. The van der Waals surface area contributed by atoms with E-state index in [1.807, 2.05) is 18.2 Å². The van der Waals surface area contributed by atoms with Crippen LogP contribution in [0.4, 0.5) is 0 Å². The van der Waals surface area contributed by atoms with Crippen molar-refractivity contribution in [1.29, 1.82) is 0 Å². The molecule has 4 nitrogen and oxygen atoms in total. The first-order valence-electron chi connectivity index (χ1n) is 9.22. The van der Waals surface area contributed by atoms with Crippen molar-refractivity contribution in [2.75, 3.05) is 0 Å². The van der Waals surface area contributed by atoms with Crippen LogP contribution in [-0.2, 0) is 0 Å². The summed E-state index contributed by atoms with van der Waals surface area (Å²) in [6.07, 6.45) is 0.979. The van der Waals surface area contributed by atoms with Crippen molar-refractivity contribution in [2.24, 2.45) is 0 Å². The van der Waals surface area contributed by atoms with Gasteiger partial charge in [0.2, 0.25) is 0 Å². The molecule has 0 fully saturated rings. The van der Waals surface area contributed by atoms with Crippen LogP contribution in [0.5, 0.6) is 0 Å². The smallest absolute Gasteiger partial charge is 0.169 e. The van der Waals surface area contributed by atoms with Gasteiger partial charge in [-0.1, -0.05) is 83.7 Å². The molecular formula is C21H16Cl4N4S. The van der Waals surface area contributed by atoms with Crippen LogP contribution in [0.3, 0.4) is 0 Å². The molecule has 4 aromatic rings. The predicted octanol–water partition coefficient (Wildman–Crippen LogP) is 8.18. The van der Waals surface area contributed by atoms with Crippen molar-refractivity contribution in [3.8, 4) is 27.6 Å². The number of rotatable bonds is 5. The molecule has 1 unspecified atom stereocenters. The SMILES string of the molecule is CCC(C)c1nnc(-c2nn(-c3ccc(Cl)cc3Cl)c(-c3ccc(Cl)cc3)c2Cl)s1. The van der Waals surface area contributed by atoms with Gasteiger partial charge in [0.25, 0.3) is 0 Å². The normalized spacial score (nSPS) is 12.3. The van der Waals surface area contributed by atoms with Crippen molar-refractivity contribution in [3.05, 3.63) is 67.6 Å². The fourth-order valence-electron chi connectivity index (χ4n) is 2.92. The van der Waals surface area contributed by atoms with Gasteiger partial charge in [0.1, 0.15) is 10.7 Å². The minimum atomic E-state index is 0.318. The lowest BCUT2D eigenvalue weighted by atomic mass is 10.1. The molecule has 0 saturated heterocycles. The van der Waals surface area contributed by atoms with Gasteiger partial charge < -0.3 is 0 Å². The van der Waals surface area contributed by atoms with Crippen LogP contribution in [0, 0.1) is 0 Å². The summed E-state index contributed by atoms with van der Waals surface area (Å²) in [5.74, 6) is 0.318. The third kappa shape index (κ3) is 4.10. The first-order valence-corrected chi connectivity index (χ1v) is 11.6.